The van der Waals surface area contributed by atoms with Crippen LogP contribution in [-0.4, -0.2) is 12.5 Å². The number of carbonyl (C=O) groups is 1. The summed E-state index contributed by atoms with van der Waals surface area (Å²) in [5.41, 5.74) is 5.20. The van der Waals surface area contributed by atoms with Crippen LogP contribution in [0.25, 0.3) is 0 Å². The number of hydrogen-bond donors (Lipinski definition) is 2. The fourth-order valence-electron chi connectivity index (χ4n) is 2.29. The van der Waals surface area contributed by atoms with Crippen LogP contribution < -0.4 is 10.6 Å². The number of hydrogen-bond acceptors (Lipinski definition) is 2. The normalized spacial score (nSPS) is 10.4. The molecule has 2 aromatic rings. The molecule has 0 spiro atoms. The Kier molecular flexibility index (Phi) is 5.45. The molecule has 116 valence electrons. The molecule has 2 rings (SSSR count). The highest BCUT2D eigenvalue weighted by Crippen LogP contribution is 2.21. The van der Waals surface area contributed by atoms with E-state index in [4.69, 9.17) is 11.6 Å². The summed E-state index contributed by atoms with van der Waals surface area (Å²) in [6, 6.07) is 11.7. The van der Waals surface area contributed by atoms with Crippen molar-refractivity contribution in [3.8, 4) is 0 Å². The van der Waals surface area contributed by atoms with Gasteiger partial charge in [0.1, 0.15) is 0 Å². The van der Waals surface area contributed by atoms with Crippen LogP contribution in [0, 0.1) is 20.8 Å². The molecule has 0 atom stereocenters. The Morgan fingerprint density at radius 2 is 1.73 bits per heavy atom. The van der Waals surface area contributed by atoms with Gasteiger partial charge in [-0.25, -0.2) is 0 Å². The highest BCUT2D eigenvalue weighted by Gasteiger charge is 2.05. The number of para-hydroxylation sites is 1. The first-order valence-corrected chi connectivity index (χ1v) is 7.71. The lowest BCUT2D eigenvalue weighted by atomic mass is 10.1. The SMILES string of the molecule is Cc1ccc(NC(=O)CCNc2c(C)cccc2C)cc1Cl. The molecule has 2 N–H and O–H groups in total. The van der Waals surface area contributed by atoms with Gasteiger partial charge in [-0.1, -0.05) is 35.9 Å². The van der Waals surface area contributed by atoms with Crippen LogP contribution >= 0.6 is 11.6 Å². The lowest BCUT2D eigenvalue weighted by Crippen LogP contribution is -2.16. The summed E-state index contributed by atoms with van der Waals surface area (Å²) >= 11 is 6.05. The van der Waals surface area contributed by atoms with E-state index in [0.717, 1.165) is 16.9 Å². The van der Waals surface area contributed by atoms with Gasteiger partial charge < -0.3 is 10.6 Å². The molecule has 0 bridgehead atoms. The van der Waals surface area contributed by atoms with Gasteiger partial charge in [-0.05, 0) is 49.6 Å². The van der Waals surface area contributed by atoms with Crippen LogP contribution in [0.2, 0.25) is 5.02 Å². The average molecular weight is 317 g/mol. The zero-order valence-electron chi connectivity index (χ0n) is 13.2. The summed E-state index contributed by atoms with van der Waals surface area (Å²) in [6.07, 6.45) is 0.402. The molecule has 0 aromatic heterocycles. The second kappa shape index (κ2) is 7.32. The van der Waals surface area contributed by atoms with Gasteiger partial charge in [0.25, 0.3) is 0 Å². The molecule has 0 aliphatic carbocycles. The molecular formula is C18H21ClN2O. The van der Waals surface area contributed by atoms with Gasteiger partial charge in [0.05, 0.1) is 0 Å². The maximum absolute atomic E-state index is 12.0. The van der Waals surface area contributed by atoms with E-state index < -0.39 is 0 Å². The predicted octanol–water partition coefficient (Wildman–Crippen LogP) is 4.71. The molecule has 0 saturated carbocycles. The third kappa shape index (κ3) is 4.25. The summed E-state index contributed by atoms with van der Waals surface area (Å²) in [7, 11) is 0. The second-order valence-electron chi connectivity index (χ2n) is 5.46. The van der Waals surface area contributed by atoms with Crippen LogP contribution in [0.15, 0.2) is 36.4 Å². The van der Waals surface area contributed by atoms with Gasteiger partial charge in [-0.3, -0.25) is 4.79 Å². The zero-order chi connectivity index (χ0) is 16.1. The van der Waals surface area contributed by atoms with Crippen molar-refractivity contribution in [1.82, 2.24) is 0 Å². The molecule has 0 heterocycles. The smallest absolute Gasteiger partial charge is 0.226 e. The van der Waals surface area contributed by atoms with E-state index >= 15 is 0 Å². The summed E-state index contributed by atoms with van der Waals surface area (Å²) in [4.78, 5) is 12.0. The molecule has 0 aliphatic heterocycles. The molecule has 0 saturated heterocycles. The molecule has 4 heteroatoms. The van der Waals surface area contributed by atoms with E-state index in [1.54, 1.807) is 6.07 Å². The maximum Gasteiger partial charge on any atom is 0.226 e. The molecule has 2 aromatic carbocycles. The number of carbonyl (C=O) groups excluding carboxylic acids is 1. The van der Waals surface area contributed by atoms with E-state index in [0.29, 0.717) is 18.0 Å². The average Bonchev–Trinajstić information content (AvgIpc) is 2.46. The van der Waals surface area contributed by atoms with E-state index in [2.05, 4.69) is 36.6 Å². The zero-order valence-corrected chi connectivity index (χ0v) is 13.9. The molecular weight excluding hydrogens is 296 g/mol. The van der Waals surface area contributed by atoms with E-state index in [1.807, 2.05) is 25.1 Å². The lowest BCUT2D eigenvalue weighted by molar-refractivity contribution is -0.115. The van der Waals surface area contributed by atoms with Crippen molar-refractivity contribution in [2.24, 2.45) is 0 Å². The third-order valence-corrected chi connectivity index (χ3v) is 4.00. The van der Waals surface area contributed by atoms with Crippen LogP contribution in [0.3, 0.4) is 0 Å². The van der Waals surface area contributed by atoms with Crippen molar-refractivity contribution < 1.29 is 4.79 Å². The monoisotopic (exact) mass is 316 g/mol. The Labute approximate surface area is 136 Å². The second-order valence-corrected chi connectivity index (χ2v) is 5.86. The molecule has 1 amide bonds. The Hall–Kier alpha value is -2.00. The van der Waals surface area contributed by atoms with Crippen LogP contribution in [-0.2, 0) is 4.79 Å². The minimum Gasteiger partial charge on any atom is -0.384 e. The summed E-state index contributed by atoms with van der Waals surface area (Å²) < 4.78 is 0. The van der Waals surface area contributed by atoms with E-state index in [1.165, 1.54) is 11.1 Å². The number of halogens is 1. The first-order valence-electron chi connectivity index (χ1n) is 7.33. The minimum atomic E-state index is -0.0290. The highest BCUT2D eigenvalue weighted by molar-refractivity contribution is 6.31. The highest BCUT2D eigenvalue weighted by atomic mass is 35.5. The van der Waals surface area contributed by atoms with Gasteiger partial charge in [0.2, 0.25) is 5.91 Å². The third-order valence-electron chi connectivity index (χ3n) is 3.59. The standard InChI is InChI=1S/C18H21ClN2O/c1-12-7-8-15(11-16(12)19)21-17(22)9-10-20-18-13(2)5-4-6-14(18)3/h4-8,11,20H,9-10H2,1-3H3,(H,21,22). The molecule has 0 aliphatic rings. The number of amides is 1. The summed E-state index contributed by atoms with van der Waals surface area (Å²) in [5.74, 6) is -0.0290. The van der Waals surface area contributed by atoms with Gasteiger partial charge in [-0.2, -0.15) is 0 Å². The van der Waals surface area contributed by atoms with Crippen molar-refractivity contribution in [1.29, 1.82) is 0 Å². The fourth-order valence-corrected chi connectivity index (χ4v) is 2.47. The Morgan fingerprint density at radius 1 is 1.05 bits per heavy atom. The molecule has 0 fully saturated rings. The summed E-state index contributed by atoms with van der Waals surface area (Å²) in [5, 5.41) is 6.85. The first kappa shape index (κ1) is 16.4. The van der Waals surface area contributed by atoms with Crippen LogP contribution in [0.4, 0.5) is 11.4 Å². The lowest BCUT2D eigenvalue weighted by Gasteiger charge is -2.12. The largest absolute Gasteiger partial charge is 0.384 e. The number of rotatable bonds is 5. The quantitative estimate of drug-likeness (QED) is 0.839. The fraction of sp³-hybridized carbons (Fsp3) is 0.278. The summed E-state index contributed by atoms with van der Waals surface area (Å²) in [6.45, 7) is 6.65. The van der Waals surface area contributed by atoms with E-state index in [9.17, 15) is 4.79 Å². The number of nitrogens with one attached hydrogen (secondary N) is 2. The molecule has 0 radical (unpaired) electrons. The minimum absolute atomic E-state index is 0.0290. The van der Waals surface area contributed by atoms with Crippen molar-refractivity contribution in [3.05, 3.63) is 58.1 Å². The molecule has 0 unspecified atom stereocenters. The van der Waals surface area contributed by atoms with Crippen LogP contribution in [0.1, 0.15) is 23.1 Å². The van der Waals surface area contributed by atoms with Crippen molar-refractivity contribution >= 4 is 28.9 Å². The molecule has 22 heavy (non-hydrogen) atoms. The first-order chi connectivity index (χ1) is 10.5. The van der Waals surface area contributed by atoms with Gasteiger partial charge >= 0.3 is 0 Å². The number of aryl methyl sites for hydroxylation is 3. The van der Waals surface area contributed by atoms with Crippen molar-refractivity contribution in [2.75, 3.05) is 17.2 Å². The van der Waals surface area contributed by atoms with Gasteiger partial charge in [0.15, 0.2) is 0 Å². The predicted molar refractivity (Wildman–Crippen MR) is 93.8 cm³/mol. The Balaban J connectivity index is 1.86. The number of anilines is 2. The van der Waals surface area contributed by atoms with E-state index in [-0.39, 0.29) is 5.91 Å². The maximum atomic E-state index is 12.0. The Bertz CT molecular complexity index is 663. The van der Waals surface area contributed by atoms with Gasteiger partial charge in [0, 0.05) is 29.4 Å². The van der Waals surface area contributed by atoms with Crippen molar-refractivity contribution in [2.45, 2.75) is 27.2 Å². The van der Waals surface area contributed by atoms with Crippen LogP contribution in [0.5, 0.6) is 0 Å². The number of benzene rings is 2. The topological polar surface area (TPSA) is 41.1 Å². The molecule has 3 nitrogen and oxygen atoms in total. The van der Waals surface area contributed by atoms with Gasteiger partial charge in [-0.15, -0.1) is 0 Å². The Morgan fingerprint density at radius 3 is 2.36 bits per heavy atom. The van der Waals surface area contributed by atoms with Crippen molar-refractivity contribution in [3.63, 3.8) is 0 Å².